The van der Waals surface area contributed by atoms with Crippen LogP contribution in [0, 0.1) is 5.92 Å². The van der Waals surface area contributed by atoms with Gasteiger partial charge in [-0.3, -0.25) is 0 Å². The van der Waals surface area contributed by atoms with Gasteiger partial charge in [0.25, 0.3) is 0 Å². The van der Waals surface area contributed by atoms with E-state index in [2.05, 4.69) is 15.9 Å². The van der Waals surface area contributed by atoms with E-state index in [1.807, 2.05) is 0 Å². The number of phenolic OH excluding ortho intramolecular Hbond substituents is 1. The zero-order valence-electron chi connectivity index (χ0n) is 9.19. The van der Waals surface area contributed by atoms with E-state index in [1.54, 1.807) is 0 Å². The molecule has 1 aromatic carbocycles. The number of carbonyl (C=O) groups is 1. The fraction of sp³-hybridized carbons (Fsp3) is 0.417. The van der Waals surface area contributed by atoms with Gasteiger partial charge in [-0.05, 0) is 46.8 Å². The fourth-order valence-corrected chi connectivity index (χ4v) is 2.53. The number of nitrogens with two attached hydrogens (primary N) is 1. The Labute approximate surface area is 108 Å². The zero-order chi connectivity index (χ0) is 12.6. The first-order valence-electron chi connectivity index (χ1n) is 5.52. The number of hydrogen-bond donors (Lipinski definition) is 3. The molecule has 1 fully saturated rings. The maximum Gasteiger partial charge on any atom is 0.335 e. The summed E-state index contributed by atoms with van der Waals surface area (Å²) in [4.78, 5) is 10.9. The van der Waals surface area contributed by atoms with Crippen molar-refractivity contribution in [1.82, 2.24) is 0 Å². The maximum atomic E-state index is 10.9. The highest BCUT2D eigenvalue weighted by molar-refractivity contribution is 9.10. The lowest BCUT2D eigenvalue weighted by atomic mass is 9.77. The van der Waals surface area contributed by atoms with Crippen LogP contribution in [0.3, 0.4) is 0 Å². The molecule has 1 aliphatic carbocycles. The Hall–Kier alpha value is -1.07. The molecule has 5 heteroatoms. The number of aromatic hydroxyl groups is 1. The molecule has 1 saturated carbocycles. The summed E-state index contributed by atoms with van der Waals surface area (Å²) in [7, 11) is 0. The maximum absolute atomic E-state index is 10.9. The largest absolute Gasteiger partial charge is 0.506 e. The second-order valence-corrected chi connectivity index (χ2v) is 5.27. The van der Waals surface area contributed by atoms with Crippen molar-refractivity contribution in [2.45, 2.75) is 25.3 Å². The van der Waals surface area contributed by atoms with Gasteiger partial charge in [0.1, 0.15) is 5.75 Å². The van der Waals surface area contributed by atoms with Crippen LogP contribution in [-0.2, 0) is 0 Å². The summed E-state index contributed by atoms with van der Waals surface area (Å²) in [6, 6.07) is 2.56. The van der Waals surface area contributed by atoms with Crippen LogP contribution in [0.1, 0.15) is 41.2 Å². The molecule has 0 bridgehead atoms. The SMILES string of the molecule is N[C@@H](c1cc(C(=O)O)cc(Br)c1O)C1CCC1. The van der Waals surface area contributed by atoms with E-state index in [0.29, 0.717) is 16.0 Å². The Morgan fingerprint density at radius 2 is 2.12 bits per heavy atom. The smallest absolute Gasteiger partial charge is 0.335 e. The van der Waals surface area contributed by atoms with Crippen molar-refractivity contribution in [2.24, 2.45) is 11.7 Å². The van der Waals surface area contributed by atoms with Crippen LogP contribution in [0.15, 0.2) is 16.6 Å². The molecule has 0 saturated heterocycles. The molecule has 0 radical (unpaired) electrons. The fourth-order valence-electron chi connectivity index (χ4n) is 2.05. The van der Waals surface area contributed by atoms with Crippen LogP contribution in [-0.4, -0.2) is 16.2 Å². The van der Waals surface area contributed by atoms with Gasteiger partial charge < -0.3 is 15.9 Å². The van der Waals surface area contributed by atoms with E-state index in [0.717, 1.165) is 19.3 Å². The van der Waals surface area contributed by atoms with Gasteiger partial charge in [-0.2, -0.15) is 0 Å². The van der Waals surface area contributed by atoms with Crippen LogP contribution in [0.25, 0.3) is 0 Å². The average Bonchev–Trinajstić information content (AvgIpc) is 2.18. The van der Waals surface area contributed by atoms with Gasteiger partial charge in [0.05, 0.1) is 10.0 Å². The minimum atomic E-state index is -1.02. The van der Waals surface area contributed by atoms with Gasteiger partial charge in [-0.15, -0.1) is 0 Å². The van der Waals surface area contributed by atoms with Crippen LogP contribution in [0.2, 0.25) is 0 Å². The Kier molecular flexibility index (Phi) is 3.40. The van der Waals surface area contributed by atoms with Gasteiger partial charge in [-0.25, -0.2) is 4.79 Å². The second kappa shape index (κ2) is 4.66. The Bertz CT molecular complexity index is 457. The van der Waals surface area contributed by atoms with Crippen molar-refractivity contribution in [3.05, 3.63) is 27.7 Å². The third-order valence-electron chi connectivity index (χ3n) is 3.36. The molecule has 92 valence electrons. The van der Waals surface area contributed by atoms with Gasteiger partial charge in [0.2, 0.25) is 0 Å². The Morgan fingerprint density at radius 3 is 2.59 bits per heavy atom. The first kappa shape index (κ1) is 12.4. The molecule has 2 rings (SSSR count). The molecule has 1 aromatic rings. The van der Waals surface area contributed by atoms with Crippen molar-refractivity contribution in [3.63, 3.8) is 0 Å². The number of rotatable bonds is 3. The van der Waals surface area contributed by atoms with Crippen LogP contribution in [0.5, 0.6) is 5.75 Å². The molecule has 0 amide bonds. The van der Waals surface area contributed by atoms with Crippen molar-refractivity contribution in [2.75, 3.05) is 0 Å². The van der Waals surface area contributed by atoms with Crippen molar-refractivity contribution in [3.8, 4) is 5.75 Å². The first-order chi connectivity index (χ1) is 8.00. The summed E-state index contributed by atoms with van der Waals surface area (Å²) in [5.41, 5.74) is 6.72. The molecular formula is C12H14BrNO3. The molecule has 1 aliphatic rings. The molecule has 0 aromatic heterocycles. The summed E-state index contributed by atoms with van der Waals surface area (Å²) in [5.74, 6) is -0.626. The van der Waals surface area contributed by atoms with E-state index in [4.69, 9.17) is 10.8 Å². The monoisotopic (exact) mass is 299 g/mol. The van der Waals surface area contributed by atoms with Crippen LogP contribution in [0.4, 0.5) is 0 Å². The van der Waals surface area contributed by atoms with Gasteiger partial charge >= 0.3 is 5.97 Å². The second-order valence-electron chi connectivity index (χ2n) is 4.42. The third-order valence-corrected chi connectivity index (χ3v) is 3.96. The van der Waals surface area contributed by atoms with E-state index in [1.165, 1.54) is 12.1 Å². The lowest BCUT2D eigenvalue weighted by molar-refractivity contribution is 0.0696. The highest BCUT2D eigenvalue weighted by Gasteiger charge is 2.28. The van der Waals surface area contributed by atoms with Crippen molar-refractivity contribution in [1.29, 1.82) is 0 Å². The van der Waals surface area contributed by atoms with E-state index >= 15 is 0 Å². The Balaban J connectivity index is 2.40. The summed E-state index contributed by atoms with van der Waals surface area (Å²) in [5, 5.41) is 18.9. The Morgan fingerprint density at radius 1 is 1.47 bits per heavy atom. The van der Waals surface area contributed by atoms with Crippen molar-refractivity contribution < 1.29 is 15.0 Å². The first-order valence-corrected chi connectivity index (χ1v) is 6.31. The highest BCUT2D eigenvalue weighted by Crippen LogP contribution is 2.41. The zero-order valence-corrected chi connectivity index (χ0v) is 10.8. The van der Waals surface area contributed by atoms with Crippen LogP contribution < -0.4 is 5.73 Å². The third kappa shape index (κ3) is 2.30. The molecule has 4 nitrogen and oxygen atoms in total. The predicted octanol–water partition coefficient (Wildman–Crippen LogP) is 2.65. The minimum absolute atomic E-state index is 0.0504. The molecule has 0 unspecified atom stereocenters. The van der Waals surface area contributed by atoms with Gasteiger partial charge in [-0.1, -0.05) is 6.42 Å². The normalized spacial score (nSPS) is 17.5. The number of benzene rings is 1. The van der Waals surface area contributed by atoms with Crippen LogP contribution >= 0.6 is 15.9 Å². The number of hydrogen-bond acceptors (Lipinski definition) is 3. The number of carboxylic acids is 1. The molecule has 4 N–H and O–H groups in total. The standard InChI is InChI=1S/C12H14BrNO3/c13-9-5-7(12(16)17)4-8(11(9)15)10(14)6-2-1-3-6/h4-6,10,15H,1-3,14H2,(H,16,17)/t10-/m1/s1. The summed E-state index contributed by atoms with van der Waals surface area (Å²) < 4.78 is 0.377. The minimum Gasteiger partial charge on any atom is -0.506 e. The molecule has 0 aliphatic heterocycles. The molecule has 17 heavy (non-hydrogen) atoms. The van der Waals surface area contributed by atoms with Gasteiger partial charge in [0, 0.05) is 11.6 Å². The van der Waals surface area contributed by atoms with Gasteiger partial charge in [0.15, 0.2) is 0 Å². The predicted molar refractivity (Wildman–Crippen MR) is 67.0 cm³/mol. The highest BCUT2D eigenvalue weighted by atomic mass is 79.9. The number of aromatic carboxylic acids is 1. The van der Waals surface area contributed by atoms with Crippen molar-refractivity contribution >= 4 is 21.9 Å². The summed E-state index contributed by atoms with van der Waals surface area (Å²) in [6.07, 6.45) is 3.23. The number of phenols is 1. The summed E-state index contributed by atoms with van der Waals surface area (Å²) >= 11 is 3.15. The quantitative estimate of drug-likeness (QED) is 0.801. The molecule has 0 spiro atoms. The van der Waals surface area contributed by atoms with E-state index in [-0.39, 0.29) is 17.4 Å². The molecule has 1 atom stereocenters. The lowest BCUT2D eigenvalue weighted by Gasteiger charge is -2.32. The lowest BCUT2D eigenvalue weighted by Crippen LogP contribution is -2.27. The van der Waals surface area contributed by atoms with E-state index in [9.17, 15) is 9.90 Å². The summed E-state index contributed by atoms with van der Waals surface area (Å²) in [6.45, 7) is 0. The number of halogens is 1. The van der Waals surface area contributed by atoms with E-state index < -0.39 is 5.97 Å². The molecule has 0 heterocycles. The average molecular weight is 300 g/mol. The number of carboxylic acid groups (broad SMARTS) is 1. The molecular weight excluding hydrogens is 286 g/mol. The topological polar surface area (TPSA) is 83.6 Å².